The van der Waals surface area contributed by atoms with Crippen molar-refractivity contribution in [2.75, 3.05) is 5.33 Å². The Balaban J connectivity index is 2.95. The second kappa shape index (κ2) is 11.7. The van der Waals surface area contributed by atoms with Gasteiger partial charge in [0.25, 0.3) is 0 Å². The number of unbranched alkanes of at least 4 members (excludes halogenated alkanes) is 6. The van der Waals surface area contributed by atoms with Gasteiger partial charge in [0.15, 0.2) is 6.29 Å². The van der Waals surface area contributed by atoms with E-state index in [1.54, 1.807) is 0 Å². The molecule has 0 rings (SSSR count). The molecule has 0 aromatic carbocycles. The lowest BCUT2D eigenvalue weighted by Gasteiger charge is -1.97. The quantitative estimate of drug-likeness (QED) is 0.291. The molecular weight excluding hydrogens is 228 g/mol. The zero-order chi connectivity index (χ0) is 9.78. The molecule has 0 aliphatic heterocycles. The molecule has 13 heavy (non-hydrogen) atoms. The summed E-state index contributed by atoms with van der Waals surface area (Å²) in [5.74, 6) is 5.23. The lowest BCUT2D eigenvalue weighted by molar-refractivity contribution is -0.103. The first-order valence-corrected chi connectivity index (χ1v) is 6.02. The fourth-order valence-electron chi connectivity index (χ4n) is 1.13. The highest BCUT2D eigenvalue weighted by Crippen LogP contribution is 2.07. The fraction of sp³-hybridized carbons (Fsp3) is 0.727. The molecule has 0 unspecified atom stereocenters. The number of aldehydes is 1. The highest BCUT2D eigenvalue weighted by Gasteiger charge is 1.89. The van der Waals surface area contributed by atoms with E-state index in [9.17, 15) is 4.79 Å². The fourth-order valence-corrected chi connectivity index (χ4v) is 1.53. The predicted octanol–water partition coefficient (Wildman–Crippen LogP) is 3.31. The average Bonchev–Trinajstić information content (AvgIpc) is 2.16. The Labute approximate surface area is 89.4 Å². The maximum absolute atomic E-state index is 9.83. The Morgan fingerprint density at radius 1 is 1.00 bits per heavy atom. The van der Waals surface area contributed by atoms with Crippen LogP contribution in [0.2, 0.25) is 0 Å². The summed E-state index contributed by atoms with van der Waals surface area (Å²) in [6.45, 7) is 0. The van der Waals surface area contributed by atoms with Crippen molar-refractivity contribution in [2.45, 2.75) is 44.9 Å². The van der Waals surface area contributed by atoms with Gasteiger partial charge in [-0.2, -0.15) is 0 Å². The zero-order valence-electron chi connectivity index (χ0n) is 8.02. The topological polar surface area (TPSA) is 17.1 Å². The van der Waals surface area contributed by atoms with Crippen LogP contribution in [-0.4, -0.2) is 11.6 Å². The summed E-state index contributed by atoms with van der Waals surface area (Å²) in [5.41, 5.74) is 0. The Kier molecular flexibility index (Phi) is 11.4. The summed E-state index contributed by atoms with van der Waals surface area (Å²) in [6.07, 6.45) is 9.15. The molecule has 0 bridgehead atoms. The molecule has 0 atom stereocenters. The van der Waals surface area contributed by atoms with Gasteiger partial charge in [0.05, 0.1) is 0 Å². The standard InChI is InChI=1S/C11H17BrO/c12-10-8-6-4-2-1-3-5-7-9-11-13/h11H,1-6,8,10H2. The van der Waals surface area contributed by atoms with Crippen LogP contribution in [0, 0.1) is 11.8 Å². The number of hydrogen-bond acceptors (Lipinski definition) is 1. The zero-order valence-corrected chi connectivity index (χ0v) is 9.61. The Bertz CT molecular complexity index is 167. The average molecular weight is 245 g/mol. The van der Waals surface area contributed by atoms with Crippen LogP contribution >= 0.6 is 15.9 Å². The van der Waals surface area contributed by atoms with E-state index in [2.05, 4.69) is 27.8 Å². The first kappa shape index (κ1) is 12.7. The van der Waals surface area contributed by atoms with E-state index >= 15 is 0 Å². The predicted molar refractivity (Wildman–Crippen MR) is 60.0 cm³/mol. The lowest BCUT2D eigenvalue weighted by Crippen LogP contribution is -1.80. The van der Waals surface area contributed by atoms with Gasteiger partial charge in [-0.25, -0.2) is 0 Å². The van der Waals surface area contributed by atoms with Crippen molar-refractivity contribution in [3.05, 3.63) is 0 Å². The Hall–Kier alpha value is -0.290. The third-order valence-corrected chi connectivity index (χ3v) is 2.41. The van der Waals surface area contributed by atoms with Crippen molar-refractivity contribution in [3.63, 3.8) is 0 Å². The number of halogens is 1. The number of rotatable bonds is 7. The largest absolute Gasteiger partial charge is 0.289 e. The third kappa shape index (κ3) is 11.7. The summed E-state index contributed by atoms with van der Waals surface area (Å²) in [6, 6.07) is 0. The van der Waals surface area contributed by atoms with Gasteiger partial charge in [-0.15, -0.1) is 0 Å². The van der Waals surface area contributed by atoms with Gasteiger partial charge in [-0.3, -0.25) is 4.79 Å². The molecule has 0 aliphatic carbocycles. The summed E-state index contributed by atoms with van der Waals surface area (Å²) in [4.78, 5) is 9.83. The smallest absolute Gasteiger partial charge is 0.192 e. The molecule has 0 amide bonds. The van der Waals surface area contributed by atoms with Gasteiger partial charge in [-0.1, -0.05) is 47.5 Å². The summed E-state index contributed by atoms with van der Waals surface area (Å²) < 4.78 is 0. The monoisotopic (exact) mass is 244 g/mol. The van der Waals surface area contributed by atoms with Crippen molar-refractivity contribution >= 4 is 22.2 Å². The normalized spacial score (nSPS) is 9.00. The van der Waals surface area contributed by atoms with E-state index in [4.69, 9.17) is 0 Å². The van der Waals surface area contributed by atoms with E-state index in [0.717, 1.165) is 18.2 Å². The first-order chi connectivity index (χ1) is 6.41. The van der Waals surface area contributed by atoms with E-state index in [-0.39, 0.29) is 0 Å². The maximum Gasteiger partial charge on any atom is 0.192 e. The molecule has 0 saturated heterocycles. The summed E-state index contributed by atoms with van der Waals surface area (Å²) in [7, 11) is 0. The molecule has 0 aromatic rings. The molecule has 0 radical (unpaired) electrons. The molecule has 0 fully saturated rings. The van der Waals surface area contributed by atoms with E-state index in [1.807, 2.05) is 0 Å². The van der Waals surface area contributed by atoms with Crippen molar-refractivity contribution in [3.8, 4) is 11.8 Å². The van der Waals surface area contributed by atoms with Gasteiger partial charge in [0.1, 0.15) is 0 Å². The molecule has 0 N–H and O–H groups in total. The molecule has 0 aromatic heterocycles. The van der Waals surface area contributed by atoms with Gasteiger partial charge in [0.2, 0.25) is 0 Å². The van der Waals surface area contributed by atoms with Crippen LogP contribution in [0.1, 0.15) is 44.9 Å². The van der Waals surface area contributed by atoms with E-state index in [1.165, 1.54) is 32.1 Å². The minimum absolute atomic E-state index is 0.663. The summed E-state index contributed by atoms with van der Waals surface area (Å²) >= 11 is 3.41. The second-order valence-corrected chi connectivity index (χ2v) is 3.79. The highest BCUT2D eigenvalue weighted by molar-refractivity contribution is 9.09. The van der Waals surface area contributed by atoms with Gasteiger partial charge in [-0.05, 0) is 18.8 Å². The van der Waals surface area contributed by atoms with Crippen molar-refractivity contribution < 1.29 is 4.79 Å². The Morgan fingerprint density at radius 2 is 1.62 bits per heavy atom. The molecule has 1 nitrogen and oxygen atoms in total. The number of carbonyl (C=O) groups is 1. The molecule has 0 heterocycles. The minimum atomic E-state index is 0.663. The molecule has 74 valence electrons. The number of hydrogen-bond donors (Lipinski definition) is 0. The van der Waals surface area contributed by atoms with Gasteiger partial charge < -0.3 is 0 Å². The highest BCUT2D eigenvalue weighted by atomic mass is 79.9. The van der Waals surface area contributed by atoms with Crippen molar-refractivity contribution in [1.29, 1.82) is 0 Å². The third-order valence-electron chi connectivity index (χ3n) is 1.85. The van der Waals surface area contributed by atoms with Gasteiger partial charge in [0, 0.05) is 11.8 Å². The molecule has 0 aliphatic rings. The molecule has 2 heteroatoms. The van der Waals surface area contributed by atoms with Crippen LogP contribution in [0.3, 0.4) is 0 Å². The Morgan fingerprint density at radius 3 is 2.23 bits per heavy atom. The number of carbonyl (C=O) groups excluding carboxylic acids is 1. The van der Waals surface area contributed by atoms with Crippen LogP contribution in [-0.2, 0) is 4.79 Å². The summed E-state index contributed by atoms with van der Waals surface area (Å²) in [5, 5.41) is 1.12. The maximum atomic E-state index is 9.83. The van der Waals surface area contributed by atoms with Crippen molar-refractivity contribution in [1.82, 2.24) is 0 Å². The minimum Gasteiger partial charge on any atom is -0.289 e. The lowest BCUT2D eigenvalue weighted by atomic mass is 10.1. The van der Waals surface area contributed by atoms with Crippen molar-refractivity contribution in [2.24, 2.45) is 0 Å². The van der Waals surface area contributed by atoms with E-state index < -0.39 is 0 Å². The van der Waals surface area contributed by atoms with Crippen LogP contribution in [0.15, 0.2) is 0 Å². The molecule has 0 saturated carbocycles. The van der Waals surface area contributed by atoms with E-state index in [0.29, 0.717) is 6.29 Å². The van der Waals surface area contributed by atoms with Crippen LogP contribution in [0.25, 0.3) is 0 Å². The molecular formula is C11H17BrO. The van der Waals surface area contributed by atoms with Crippen LogP contribution < -0.4 is 0 Å². The van der Waals surface area contributed by atoms with Gasteiger partial charge >= 0.3 is 0 Å². The first-order valence-electron chi connectivity index (χ1n) is 4.90. The number of alkyl halides is 1. The SMILES string of the molecule is O=CC#CCCCCCCCCBr. The second-order valence-electron chi connectivity index (χ2n) is 3.00. The van der Waals surface area contributed by atoms with Crippen LogP contribution in [0.5, 0.6) is 0 Å². The van der Waals surface area contributed by atoms with Crippen LogP contribution in [0.4, 0.5) is 0 Å². The molecule has 0 spiro atoms.